The van der Waals surface area contributed by atoms with E-state index in [1.54, 1.807) is 0 Å². The molecule has 0 aromatic carbocycles. The zero-order chi connectivity index (χ0) is 14.1. The van der Waals surface area contributed by atoms with Crippen molar-refractivity contribution in [2.75, 3.05) is 25.9 Å². The summed E-state index contributed by atoms with van der Waals surface area (Å²) in [6.07, 6.45) is 7.55. The van der Waals surface area contributed by atoms with Crippen LogP contribution in [0, 0.1) is 0 Å². The van der Waals surface area contributed by atoms with Gasteiger partial charge in [0.25, 0.3) is 5.91 Å². The predicted molar refractivity (Wildman–Crippen MR) is 76.2 cm³/mol. The molecular formula is C14H21N5O. The van der Waals surface area contributed by atoms with E-state index in [9.17, 15) is 4.79 Å². The van der Waals surface area contributed by atoms with E-state index in [0.717, 1.165) is 25.9 Å². The summed E-state index contributed by atoms with van der Waals surface area (Å²) in [6, 6.07) is 0.760. The van der Waals surface area contributed by atoms with Crippen LogP contribution in [-0.4, -0.2) is 57.9 Å². The molecule has 2 fully saturated rings. The van der Waals surface area contributed by atoms with Crippen molar-refractivity contribution >= 4 is 11.7 Å². The van der Waals surface area contributed by atoms with Gasteiger partial charge in [-0.1, -0.05) is 0 Å². The molecule has 0 saturated carbocycles. The van der Waals surface area contributed by atoms with E-state index in [1.165, 1.54) is 25.2 Å². The quantitative estimate of drug-likeness (QED) is 0.862. The maximum atomic E-state index is 12.7. The van der Waals surface area contributed by atoms with Crippen molar-refractivity contribution in [2.45, 2.75) is 37.8 Å². The van der Waals surface area contributed by atoms with Crippen molar-refractivity contribution in [3.63, 3.8) is 0 Å². The number of nitrogen functional groups attached to an aromatic ring is 1. The van der Waals surface area contributed by atoms with Crippen LogP contribution in [0.3, 0.4) is 0 Å². The molecular weight excluding hydrogens is 254 g/mol. The zero-order valence-corrected chi connectivity index (χ0v) is 11.8. The molecule has 108 valence electrons. The Balaban J connectivity index is 1.82. The molecule has 0 bridgehead atoms. The molecule has 20 heavy (non-hydrogen) atoms. The SMILES string of the molecule is CN1CCCC1C1CCCN1C(=O)c1nccnc1N. The Morgan fingerprint density at radius 3 is 2.60 bits per heavy atom. The minimum atomic E-state index is -0.0709. The highest BCUT2D eigenvalue weighted by atomic mass is 16.2. The fraction of sp³-hybridized carbons (Fsp3) is 0.643. The largest absolute Gasteiger partial charge is 0.382 e. The van der Waals surface area contributed by atoms with Crippen molar-refractivity contribution in [2.24, 2.45) is 0 Å². The Morgan fingerprint density at radius 1 is 1.20 bits per heavy atom. The minimum absolute atomic E-state index is 0.0709. The standard InChI is InChI=1S/C14H21N5O/c1-18-8-2-4-10(18)11-5-3-9-19(11)14(20)12-13(15)17-7-6-16-12/h6-7,10-11H,2-5,8-9H2,1H3,(H2,15,17). The summed E-state index contributed by atoms with van der Waals surface area (Å²) in [5, 5.41) is 0. The monoisotopic (exact) mass is 275 g/mol. The van der Waals surface area contributed by atoms with Crippen molar-refractivity contribution in [3.05, 3.63) is 18.1 Å². The number of nitrogens with zero attached hydrogens (tertiary/aromatic N) is 4. The van der Waals surface area contributed by atoms with Crippen molar-refractivity contribution in [1.82, 2.24) is 19.8 Å². The third-order valence-electron chi connectivity index (χ3n) is 4.51. The first-order valence-corrected chi connectivity index (χ1v) is 7.26. The first-order valence-electron chi connectivity index (χ1n) is 7.26. The number of anilines is 1. The van der Waals surface area contributed by atoms with E-state index in [0.29, 0.717) is 11.7 Å². The van der Waals surface area contributed by atoms with Gasteiger partial charge in [0.2, 0.25) is 0 Å². The fourth-order valence-corrected chi connectivity index (χ4v) is 3.52. The Kier molecular flexibility index (Phi) is 3.56. The molecule has 2 N–H and O–H groups in total. The zero-order valence-electron chi connectivity index (χ0n) is 11.8. The van der Waals surface area contributed by atoms with Crippen molar-refractivity contribution < 1.29 is 4.79 Å². The summed E-state index contributed by atoms with van der Waals surface area (Å²) < 4.78 is 0. The van der Waals surface area contributed by atoms with Gasteiger partial charge in [0, 0.05) is 31.0 Å². The van der Waals surface area contributed by atoms with Crippen molar-refractivity contribution in [1.29, 1.82) is 0 Å². The number of amides is 1. The minimum Gasteiger partial charge on any atom is -0.382 e. The normalized spacial score (nSPS) is 27.1. The van der Waals surface area contributed by atoms with Crippen LogP contribution >= 0.6 is 0 Å². The first kappa shape index (κ1) is 13.3. The highest BCUT2D eigenvalue weighted by Gasteiger charge is 2.39. The molecule has 2 unspecified atom stereocenters. The highest BCUT2D eigenvalue weighted by molar-refractivity contribution is 5.96. The van der Waals surface area contributed by atoms with Crippen LogP contribution in [0.25, 0.3) is 0 Å². The molecule has 0 radical (unpaired) electrons. The summed E-state index contributed by atoms with van der Waals surface area (Å²) in [4.78, 5) is 25.1. The Hall–Kier alpha value is -1.69. The second kappa shape index (κ2) is 5.36. The first-order chi connectivity index (χ1) is 9.68. The van der Waals surface area contributed by atoms with Crippen LogP contribution < -0.4 is 5.73 Å². The van der Waals surface area contributed by atoms with Gasteiger partial charge in [0.1, 0.15) is 0 Å². The maximum Gasteiger partial charge on any atom is 0.276 e. The molecule has 6 heteroatoms. The average Bonchev–Trinajstić information content (AvgIpc) is 3.06. The van der Waals surface area contributed by atoms with Gasteiger partial charge in [-0.25, -0.2) is 9.97 Å². The number of carbonyl (C=O) groups is 1. The second-order valence-electron chi connectivity index (χ2n) is 5.69. The van der Waals surface area contributed by atoms with E-state index < -0.39 is 0 Å². The van der Waals surface area contributed by atoms with Gasteiger partial charge in [0.15, 0.2) is 11.5 Å². The molecule has 3 rings (SSSR count). The molecule has 3 heterocycles. The summed E-state index contributed by atoms with van der Waals surface area (Å²) in [5.74, 6) is 0.154. The number of rotatable bonds is 2. The topological polar surface area (TPSA) is 75.3 Å². The summed E-state index contributed by atoms with van der Waals surface area (Å²) in [6.45, 7) is 1.92. The molecule has 6 nitrogen and oxygen atoms in total. The molecule has 2 saturated heterocycles. The Morgan fingerprint density at radius 2 is 1.90 bits per heavy atom. The number of hydrogen-bond donors (Lipinski definition) is 1. The van der Waals surface area contributed by atoms with Crippen molar-refractivity contribution in [3.8, 4) is 0 Å². The number of hydrogen-bond acceptors (Lipinski definition) is 5. The van der Waals surface area contributed by atoms with E-state index in [2.05, 4.69) is 21.9 Å². The molecule has 1 amide bonds. The molecule has 2 atom stereocenters. The average molecular weight is 275 g/mol. The van der Waals surface area contributed by atoms with Gasteiger partial charge in [-0.15, -0.1) is 0 Å². The lowest BCUT2D eigenvalue weighted by atomic mass is 10.0. The third-order valence-corrected chi connectivity index (χ3v) is 4.51. The third kappa shape index (κ3) is 2.24. The molecule has 2 aliphatic rings. The smallest absolute Gasteiger partial charge is 0.276 e. The summed E-state index contributed by atoms with van der Waals surface area (Å²) in [5.41, 5.74) is 6.08. The summed E-state index contributed by atoms with van der Waals surface area (Å²) in [7, 11) is 2.15. The van der Waals surface area contributed by atoms with Crippen LogP contribution in [0.4, 0.5) is 5.82 Å². The highest BCUT2D eigenvalue weighted by Crippen LogP contribution is 2.30. The van der Waals surface area contributed by atoms with Gasteiger partial charge in [-0.2, -0.15) is 0 Å². The van der Waals surface area contributed by atoms with Gasteiger partial charge in [0.05, 0.1) is 0 Å². The lowest BCUT2D eigenvalue weighted by Crippen LogP contribution is -2.47. The molecule has 1 aromatic rings. The number of likely N-dealkylation sites (N-methyl/N-ethyl adjacent to an activating group) is 1. The van der Waals surface area contributed by atoms with Crippen LogP contribution in [0.2, 0.25) is 0 Å². The van der Waals surface area contributed by atoms with Crippen LogP contribution in [-0.2, 0) is 0 Å². The van der Waals surface area contributed by atoms with E-state index in [-0.39, 0.29) is 17.8 Å². The fourth-order valence-electron chi connectivity index (χ4n) is 3.52. The van der Waals surface area contributed by atoms with E-state index >= 15 is 0 Å². The Labute approximate surface area is 119 Å². The lowest BCUT2D eigenvalue weighted by molar-refractivity contribution is 0.0659. The van der Waals surface area contributed by atoms with Gasteiger partial charge in [-0.05, 0) is 39.3 Å². The van der Waals surface area contributed by atoms with Gasteiger partial charge in [-0.3, -0.25) is 4.79 Å². The Bertz CT molecular complexity index is 506. The van der Waals surface area contributed by atoms with E-state index in [4.69, 9.17) is 5.73 Å². The van der Waals surface area contributed by atoms with Gasteiger partial charge < -0.3 is 15.5 Å². The van der Waals surface area contributed by atoms with Crippen LogP contribution in [0.15, 0.2) is 12.4 Å². The number of aromatic nitrogens is 2. The number of likely N-dealkylation sites (tertiary alicyclic amines) is 2. The number of nitrogens with two attached hydrogens (primary N) is 1. The van der Waals surface area contributed by atoms with Crippen LogP contribution in [0.1, 0.15) is 36.2 Å². The maximum absolute atomic E-state index is 12.7. The second-order valence-corrected chi connectivity index (χ2v) is 5.69. The lowest BCUT2D eigenvalue weighted by Gasteiger charge is -2.33. The molecule has 1 aromatic heterocycles. The predicted octanol–water partition coefficient (Wildman–Crippen LogP) is 0.758. The van der Waals surface area contributed by atoms with E-state index in [1.807, 2.05) is 4.90 Å². The number of carbonyl (C=O) groups excluding carboxylic acids is 1. The molecule has 0 spiro atoms. The molecule has 2 aliphatic heterocycles. The summed E-state index contributed by atoms with van der Waals surface area (Å²) >= 11 is 0. The van der Waals surface area contributed by atoms with Crippen LogP contribution in [0.5, 0.6) is 0 Å². The van der Waals surface area contributed by atoms with Gasteiger partial charge >= 0.3 is 0 Å². The molecule has 0 aliphatic carbocycles.